The molecule has 2 aromatic heterocycles. The van der Waals surface area contributed by atoms with Crippen molar-refractivity contribution >= 4 is 27.4 Å². The van der Waals surface area contributed by atoms with E-state index < -0.39 is 15.5 Å². The molecule has 1 unspecified atom stereocenters. The highest BCUT2D eigenvalue weighted by Crippen LogP contribution is 2.32. The molecule has 2 heterocycles. The normalized spacial score (nSPS) is 13.9. The topological polar surface area (TPSA) is 73.6 Å². The predicted octanol–water partition coefficient (Wildman–Crippen LogP) is 4.53. The van der Waals surface area contributed by atoms with E-state index >= 15 is 0 Å². The lowest BCUT2D eigenvalue weighted by molar-refractivity contribution is 0.227. The molecule has 0 saturated heterocycles. The van der Waals surface area contributed by atoms with Crippen LogP contribution in [0.15, 0.2) is 73.1 Å². The number of nitrogens with zero attached hydrogens (tertiary/aromatic N) is 3. The van der Waals surface area contributed by atoms with Gasteiger partial charge in [-0.1, -0.05) is 61.0 Å². The third-order valence-corrected chi connectivity index (χ3v) is 6.00. The Morgan fingerprint density at radius 3 is 2.45 bits per heavy atom. The van der Waals surface area contributed by atoms with Gasteiger partial charge in [0.1, 0.15) is 0 Å². The Balaban J connectivity index is 1.82. The molecule has 0 aliphatic rings. The Bertz CT molecular complexity index is 1310. The summed E-state index contributed by atoms with van der Waals surface area (Å²) in [5, 5.41) is 5.24. The van der Waals surface area contributed by atoms with Gasteiger partial charge in [0.2, 0.25) is 0 Å². The standard InChI is InChI=1S/C23H22ClN3O3S/c1-23(16-30-31(2,28)29,14-17-6-4-3-5-7-17)21-12-13-25-22-20(15-26-27(21)22)18-8-10-19(24)11-9-18/h3-13,15H,14,16H2,1-2H3. The molecular weight excluding hydrogens is 434 g/mol. The monoisotopic (exact) mass is 455 g/mol. The van der Waals surface area contributed by atoms with Crippen LogP contribution >= 0.6 is 11.6 Å². The van der Waals surface area contributed by atoms with Gasteiger partial charge in [-0.2, -0.15) is 13.5 Å². The second-order valence-corrected chi connectivity index (χ2v) is 9.90. The minimum atomic E-state index is -3.61. The average molecular weight is 456 g/mol. The first-order valence-electron chi connectivity index (χ1n) is 9.73. The molecule has 4 aromatic rings. The van der Waals surface area contributed by atoms with E-state index in [2.05, 4.69) is 10.1 Å². The molecule has 1 atom stereocenters. The van der Waals surface area contributed by atoms with Gasteiger partial charge in [-0.3, -0.25) is 4.18 Å². The fourth-order valence-corrected chi connectivity index (χ4v) is 4.28. The van der Waals surface area contributed by atoms with E-state index in [4.69, 9.17) is 15.8 Å². The SMILES string of the molecule is CC(COS(C)(=O)=O)(Cc1ccccc1)c1ccnc2c(-c3ccc(Cl)cc3)cnn12. The molecule has 0 radical (unpaired) electrons. The van der Waals surface area contributed by atoms with Crippen molar-refractivity contribution in [2.24, 2.45) is 0 Å². The summed E-state index contributed by atoms with van der Waals surface area (Å²) in [4.78, 5) is 4.54. The highest BCUT2D eigenvalue weighted by Gasteiger charge is 2.32. The Morgan fingerprint density at radius 2 is 1.77 bits per heavy atom. The van der Waals surface area contributed by atoms with Gasteiger partial charge in [-0.25, -0.2) is 9.50 Å². The highest BCUT2D eigenvalue weighted by atomic mass is 35.5. The molecule has 0 fully saturated rings. The maximum absolute atomic E-state index is 11.8. The number of hydrogen-bond donors (Lipinski definition) is 0. The van der Waals surface area contributed by atoms with Gasteiger partial charge < -0.3 is 0 Å². The van der Waals surface area contributed by atoms with Crippen molar-refractivity contribution in [2.75, 3.05) is 12.9 Å². The molecule has 0 N–H and O–H groups in total. The van der Waals surface area contributed by atoms with Crippen molar-refractivity contribution in [3.8, 4) is 11.1 Å². The predicted molar refractivity (Wildman–Crippen MR) is 122 cm³/mol. The van der Waals surface area contributed by atoms with E-state index in [1.165, 1.54) is 0 Å². The minimum Gasteiger partial charge on any atom is -0.269 e. The molecule has 2 aromatic carbocycles. The van der Waals surface area contributed by atoms with Crippen molar-refractivity contribution < 1.29 is 12.6 Å². The Kier molecular flexibility index (Phi) is 5.83. The largest absolute Gasteiger partial charge is 0.269 e. The zero-order valence-electron chi connectivity index (χ0n) is 17.2. The number of benzene rings is 2. The third-order valence-electron chi connectivity index (χ3n) is 5.20. The molecule has 0 aliphatic heterocycles. The van der Waals surface area contributed by atoms with Gasteiger partial charge in [0.15, 0.2) is 5.65 Å². The zero-order valence-corrected chi connectivity index (χ0v) is 18.8. The fraction of sp³-hybridized carbons (Fsp3) is 0.217. The lowest BCUT2D eigenvalue weighted by Gasteiger charge is -2.29. The molecule has 6 nitrogen and oxygen atoms in total. The van der Waals surface area contributed by atoms with Gasteiger partial charge in [0.25, 0.3) is 10.1 Å². The van der Waals surface area contributed by atoms with Crippen LogP contribution in [0.4, 0.5) is 0 Å². The van der Waals surface area contributed by atoms with Crippen LogP contribution in [-0.2, 0) is 26.1 Å². The summed E-state index contributed by atoms with van der Waals surface area (Å²) >= 11 is 6.03. The molecular formula is C23H22ClN3O3S. The summed E-state index contributed by atoms with van der Waals surface area (Å²) in [6, 6.07) is 19.2. The average Bonchev–Trinajstić information content (AvgIpc) is 3.17. The van der Waals surface area contributed by atoms with Crippen LogP contribution in [0.5, 0.6) is 0 Å². The van der Waals surface area contributed by atoms with Crippen LogP contribution in [0.3, 0.4) is 0 Å². The van der Waals surface area contributed by atoms with E-state index in [0.717, 1.165) is 28.6 Å². The van der Waals surface area contributed by atoms with Crippen molar-refractivity contribution in [1.29, 1.82) is 0 Å². The summed E-state index contributed by atoms with van der Waals surface area (Å²) in [5.74, 6) is 0. The van der Waals surface area contributed by atoms with Crippen molar-refractivity contribution in [3.63, 3.8) is 0 Å². The number of hydrogen-bond acceptors (Lipinski definition) is 5. The first kappa shape index (κ1) is 21.5. The summed E-state index contributed by atoms with van der Waals surface area (Å²) < 4.78 is 30.6. The number of fused-ring (bicyclic) bond motifs is 1. The smallest absolute Gasteiger partial charge is 0.264 e. The van der Waals surface area contributed by atoms with Gasteiger partial charge in [-0.05, 0) is 35.7 Å². The number of aromatic nitrogens is 3. The fourth-order valence-electron chi connectivity index (χ4n) is 3.68. The summed E-state index contributed by atoms with van der Waals surface area (Å²) in [5.41, 5.74) is 3.70. The van der Waals surface area contributed by atoms with Crippen molar-refractivity contribution in [1.82, 2.24) is 14.6 Å². The second-order valence-electron chi connectivity index (χ2n) is 7.82. The Labute approximate surface area is 186 Å². The molecule has 0 bridgehead atoms. The quantitative estimate of drug-likeness (QED) is 0.383. The van der Waals surface area contributed by atoms with Crippen LogP contribution in [-0.4, -0.2) is 35.9 Å². The second kappa shape index (κ2) is 8.42. The molecule has 0 saturated carbocycles. The summed E-state index contributed by atoms with van der Waals surface area (Å²) in [6.45, 7) is 1.96. The maximum Gasteiger partial charge on any atom is 0.264 e. The highest BCUT2D eigenvalue weighted by molar-refractivity contribution is 7.85. The van der Waals surface area contributed by atoms with E-state index in [1.54, 1.807) is 16.9 Å². The molecule has 31 heavy (non-hydrogen) atoms. The van der Waals surface area contributed by atoms with Crippen molar-refractivity contribution in [2.45, 2.75) is 18.8 Å². The molecule has 0 spiro atoms. The summed E-state index contributed by atoms with van der Waals surface area (Å²) in [7, 11) is -3.61. The first-order chi connectivity index (χ1) is 14.8. The van der Waals surface area contributed by atoms with Crippen LogP contribution in [0, 0.1) is 0 Å². The van der Waals surface area contributed by atoms with Crippen LogP contribution < -0.4 is 0 Å². The van der Waals surface area contributed by atoms with E-state index in [-0.39, 0.29) is 6.61 Å². The van der Waals surface area contributed by atoms with Gasteiger partial charge >= 0.3 is 0 Å². The minimum absolute atomic E-state index is 0.0179. The Hall–Kier alpha value is -2.74. The van der Waals surface area contributed by atoms with E-state index in [1.807, 2.05) is 67.6 Å². The van der Waals surface area contributed by atoms with Crippen LogP contribution in [0.25, 0.3) is 16.8 Å². The molecule has 0 aliphatic carbocycles. The van der Waals surface area contributed by atoms with Crippen molar-refractivity contribution in [3.05, 3.63) is 89.3 Å². The van der Waals surface area contributed by atoms with Gasteiger partial charge in [-0.15, -0.1) is 0 Å². The third kappa shape index (κ3) is 4.79. The maximum atomic E-state index is 11.8. The molecule has 160 valence electrons. The lowest BCUT2D eigenvalue weighted by Crippen LogP contribution is -2.34. The van der Waals surface area contributed by atoms with Gasteiger partial charge in [0.05, 0.1) is 24.8 Å². The van der Waals surface area contributed by atoms with Crippen LogP contribution in [0.1, 0.15) is 18.2 Å². The Morgan fingerprint density at radius 1 is 1.06 bits per heavy atom. The van der Waals surface area contributed by atoms with Gasteiger partial charge in [0, 0.05) is 22.2 Å². The van der Waals surface area contributed by atoms with Crippen LogP contribution in [0.2, 0.25) is 5.02 Å². The molecule has 8 heteroatoms. The zero-order chi connectivity index (χ0) is 22.1. The molecule has 0 amide bonds. The summed E-state index contributed by atoms with van der Waals surface area (Å²) in [6.07, 6.45) is 5.11. The van der Waals surface area contributed by atoms with E-state index in [9.17, 15) is 8.42 Å². The number of halogens is 1. The first-order valence-corrected chi connectivity index (χ1v) is 11.9. The lowest BCUT2D eigenvalue weighted by atomic mass is 9.81. The number of rotatable bonds is 7. The van der Waals surface area contributed by atoms with E-state index in [0.29, 0.717) is 17.1 Å². The molecule has 4 rings (SSSR count).